The molecule has 1 aromatic carbocycles. The second-order valence-electron chi connectivity index (χ2n) is 3.15. The normalized spacial score (nSPS) is 10.1. The monoisotopic (exact) mass is 252 g/mol. The lowest BCUT2D eigenvalue weighted by atomic mass is 10.1. The Hall–Kier alpha value is -1.32. The smallest absolute Gasteiger partial charge is 0.206 e. The lowest BCUT2D eigenvalue weighted by Crippen LogP contribution is -2.01. The summed E-state index contributed by atoms with van der Waals surface area (Å²) in [6.45, 7) is 0. The van der Waals surface area contributed by atoms with Gasteiger partial charge in [-0.2, -0.15) is 0 Å². The minimum atomic E-state index is -0.0384. The van der Waals surface area contributed by atoms with Crippen LogP contribution in [0, 0.1) is 0 Å². The molecule has 82 valence electrons. The third kappa shape index (κ3) is 2.10. The van der Waals surface area contributed by atoms with Crippen molar-refractivity contribution in [1.29, 1.82) is 0 Å². The molecular weight excluding hydrogens is 244 g/mol. The van der Waals surface area contributed by atoms with Crippen LogP contribution in [0.5, 0.6) is 5.75 Å². The van der Waals surface area contributed by atoms with E-state index in [2.05, 4.69) is 0 Å². The van der Waals surface area contributed by atoms with Crippen molar-refractivity contribution >= 4 is 28.7 Å². The largest absolute Gasteiger partial charge is 0.496 e. The first-order chi connectivity index (χ1) is 7.72. The first kappa shape index (κ1) is 11.2. The Balaban J connectivity index is 2.44. The second-order valence-corrected chi connectivity index (χ2v) is 4.54. The van der Waals surface area contributed by atoms with E-state index in [0.29, 0.717) is 21.2 Å². The van der Waals surface area contributed by atoms with Gasteiger partial charge in [-0.25, -0.2) is 0 Å². The fourth-order valence-electron chi connectivity index (χ4n) is 1.39. The number of ether oxygens (including phenoxy) is 1. The van der Waals surface area contributed by atoms with Gasteiger partial charge in [0.1, 0.15) is 5.75 Å². The molecule has 0 unspecified atom stereocenters. The second kappa shape index (κ2) is 4.68. The predicted molar refractivity (Wildman–Crippen MR) is 65.8 cm³/mol. The minimum absolute atomic E-state index is 0.0384. The van der Waals surface area contributed by atoms with Crippen molar-refractivity contribution in [2.75, 3.05) is 7.11 Å². The zero-order valence-corrected chi connectivity index (χ0v) is 10.1. The lowest BCUT2D eigenvalue weighted by Gasteiger charge is -2.06. The molecule has 0 radical (unpaired) electrons. The number of rotatable bonds is 3. The Bertz CT molecular complexity index is 506. The summed E-state index contributed by atoms with van der Waals surface area (Å²) in [6.07, 6.45) is 0. The number of hydrogen-bond acceptors (Lipinski definition) is 3. The van der Waals surface area contributed by atoms with E-state index in [9.17, 15) is 4.79 Å². The SMILES string of the molecule is COc1cc(Cl)ccc1C(=O)c1cccs1. The number of thiophene rings is 1. The van der Waals surface area contributed by atoms with Crippen LogP contribution in [0.2, 0.25) is 5.02 Å². The Morgan fingerprint density at radius 1 is 1.38 bits per heavy atom. The van der Waals surface area contributed by atoms with Gasteiger partial charge in [0, 0.05) is 5.02 Å². The average Bonchev–Trinajstić information content (AvgIpc) is 2.81. The van der Waals surface area contributed by atoms with Crippen LogP contribution < -0.4 is 4.74 Å². The number of hydrogen-bond donors (Lipinski definition) is 0. The van der Waals surface area contributed by atoms with Crippen molar-refractivity contribution in [3.05, 3.63) is 51.2 Å². The highest BCUT2D eigenvalue weighted by Crippen LogP contribution is 2.26. The summed E-state index contributed by atoms with van der Waals surface area (Å²) >= 11 is 7.25. The molecule has 0 saturated heterocycles. The van der Waals surface area contributed by atoms with Gasteiger partial charge < -0.3 is 4.74 Å². The molecule has 4 heteroatoms. The molecular formula is C12H9ClO2S. The van der Waals surface area contributed by atoms with Gasteiger partial charge in [0.2, 0.25) is 5.78 Å². The lowest BCUT2D eigenvalue weighted by molar-refractivity contribution is 0.103. The van der Waals surface area contributed by atoms with E-state index in [1.165, 1.54) is 18.4 Å². The molecule has 2 nitrogen and oxygen atoms in total. The molecule has 0 fully saturated rings. The Morgan fingerprint density at radius 3 is 2.81 bits per heavy atom. The van der Waals surface area contributed by atoms with Crippen molar-refractivity contribution in [2.45, 2.75) is 0 Å². The summed E-state index contributed by atoms with van der Waals surface area (Å²) in [7, 11) is 1.52. The number of methoxy groups -OCH3 is 1. The molecule has 0 amide bonds. The topological polar surface area (TPSA) is 26.3 Å². The molecule has 1 aromatic heterocycles. The first-order valence-electron chi connectivity index (χ1n) is 4.64. The Labute approximate surface area is 102 Å². The van der Waals surface area contributed by atoms with Crippen LogP contribution in [0.1, 0.15) is 15.2 Å². The van der Waals surface area contributed by atoms with E-state index in [1.807, 2.05) is 11.4 Å². The maximum atomic E-state index is 12.1. The van der Waals surface area contributed by atoms with Gasteiger partial charge in [-0.15, -0.1) is 11.3 Å². The van der Waals surface area contributed by atoms with Crippen LogP contribution in [-0.4, -0.2) is 12.9 Å². The van der Waals surface area contributed by atoms with E-state index in [-0.39, 0.29) is 5.78 Å². The maximum Gasteiger partial charge on any atom is 0.206 e. The highest BCUT2D eigenvalue weighted by atomic mass is 35.5. The maximum absolute atomic E-state index is 12.1. The van der Waals surface area contributed by atoms with Crippen molar-refractivity contribution in [2.24, 2.45) is 0 Å². The summed E-state index contributed by atoms with van der Waals surface area (Å²) in [6, 6.07) is 8.65. The van der Waals surface area contributed by atoms with Gasteiger partial charge in [-0.1, -0.05) is 17.7 Å². The Kier molecular flexibility index (Phi) is 3.27. The standard InChI is InChI=1S/C12H9ClO2S/c1-15-10-7-8(13)4-5-9(10)12(14)11-3-2-6-16-11/h2-7H,1H3. The molecule has 2 rings (SSSR count). The van der Waals surface area contributed by atoms with Gasteiger partial charge in [0.15, 0.2) is 0 Å². The summed E-state index contributed by atoms with van der Waals surface area (Å²) < 4.78 is 5.14. The molecule has 0 atom stereocenters. The van der Waals surface area contributed by atoms with E-state index < -0.39 is 0 Å². The molecule has 2 aromatic rings. The van der Waals surface area contributed by atoms with Crippen molar-refractivity contribution in [3.8, 4) is 5.75 Å². The summed E-state index contributed by atoms with van der Waals surface area (Å²) in [5, 5.41) is 2.43. The van der Waals surface area contributed by atoms with E-state index in [1.54, 1.807) is 24.3 Å². The van der Waals surface area contributed by atoms with E-state index in [0.717, 1.165) is 0 Å². The van der Waals surface area contributed by atoms with Gasteiger partial charge >= 0.3 is 0 Å². The van der Waals surface area contributed by atoms with Gasteiger partial charge in [-0.3, -0.25) is 4.79 Å². The highest BCUT2D eigenvalue weighted by Gasteiger charge is 2.15. The highest BCUT2D eigenvalue weighted by molar-refractivity contribution is 7.12. The van der Waals surface area contributed by atoms with Gasteiger partial charge in [0.25, 0.3) is 0 Å². The fraction of sp³-hybridized carbons (Fsp3) is 0.0833. The van der Waals surface area contributed by atoms with Crippen LogP contribution in [0.25, 0.3) is 0 Å². The molecule has 0 spiro atoms. The average molecular weight is 253 g/mol. The van der Waals surface area contributed by atoms with Crippen molar-refractivity contribution < 1.29 is 9.53 Å². The van der Waals surface area contributed by atoms with Gasteiger partial charge in [-0.05, 0) is 29.6 Å². The molecule has 0 aliphatic carbocycles. The quantitative estimate of drug-likeness (QED) is 0.780. The molecule has 16 heavy (non-hydrogen) atoms. The van der Waals surface area contributed by atoms with Crippen molar-refractivity contribution in [1.82, 2.24) is 0 Å². The predicted octanol–water partition coefficient (Wildman–Crippen LogP) is 3.64. The van der Waals surface area contributed by atoms with Crippen LogP contribution in [0.3, 0.4) is 0 Å². The van der Waals surface area contributed by atoms with Gasteiger partial charge in [0.05, 0.1) is 17.6 Å². The third-order valence-electron chi connectivity index (χ3n) is 2.15. The van der Waals surface area contributed by atoms with Crippen LogP contribution in [0.4, 0.5) is 0 Å². The number of carbonyl (C=O) groups is 1. The molecule has 0 aliphatic heterocycles. The van der Waals surface area contributed by atoms with Crippen LogP contribution in [0.15, 0.2) is 35.7 Å². The Morgan fingerprint density at radius 2 is 2.19 bits per heavy atom. The summed E-state index contributed by atoms with van der Waals surface area (Å²) in [5.74, 6) is 0.467. The summed E-state index contributed by atoms with van der Waals surface area (Å²) in [5.41, 5.74) is 0.536. The van der Waals surface area contributed by atoms with Crippen molar-refractivity contribution in [3.63, 3.8) is 0 Å². The van der Waals surface area contributed by atoms with E-state index in [4.69, 9.17) is 16.3 Å². The number of carbonyl (C=O) groups excluding carboxylic acids is 1. The minimum Gasteiger partial charge on any atom is -0.496 e. The number of halogens is 1. The third-order valence-corrected chi connectivity index (χ3v) is 3.26. The first-order valence-corrected chi connectivity index (χ1v) is 5.90. The molecule has 0 aliphatic rings. The summed E-state index contributed by atoms with van der Waals surface area (Å²) in [4.78, 5) is 12.8. The zero-order valence-electron chi connectivity index (χ0n) is 8.57. The van der Waals surface area contributed by atoms with E-state index >= 15 is 0 Å². The molecule has 0 saturated carbocycles. The molecule has 1 heterocycles. The fourth-order valence-corrected chi connectivity index (χ4v) is 2.23. The van der Waals surface area contributed by atoms with Crippen LogP contribution >= 0.6 is 22.9 Å². The zero-order chi connectivity index (χ0) is 11.5. The molecule has 0 N–H and O–H groups in total. The molecule has 0 bridgehead atoms. The number of ketones is 1. The number of benzene rings is 1. The van der Waals surface area contributed by atoms with Crippen LogP contribution in [-0.2, 0) is 0 Å².